The van der Waals surface area contributed by atoms with E-state index in [4.69, 9.17) is 0 Å². The van der Waals surface area contributed by atoms with E-state index in [1.54, 1.807) is 0 Å². The minimum atomic E-state index is -0.540. The Morgan fingerprint density at radius 2 is 0.967 bits per heavy atom. The normalized spacial score (nSPS) is 14.4. The van der Waals surface area contributed by atoms with E-state index >= 15 is 0 Å². The molecule has 2 nitrogen and oxygen atoms in total. The maximum Gasteiger partial charge on any atom is 0.252 e. The molecule has 3 aliphatic heterocycles. The van der Waals surface area contributed by atoms with Gasteiger partial charge in [0.05, 0.1) is 22.1 Å². The second-order valence-corrected chi connectivity index (χ2v) is 18.1. The summed E-state index contributed by atoms with van der Waals surface area (Å²) >= 11 is 0. The van der Waals surface area contributed by atoms with Crippen molar-refractivity contribution in [3.63, 3.8) is 0 Å². The van der Waals surface area contributed by atoms with Crippen molar-refractivity contribution in [2.45, 2.75) is 33.1 Å². The predicted molar refractivity (Wildman–Crippen MR) is 253 cm³/mol. The fourth-order valence-electron chi connectivity index (χ4n) is 13.2. The molecule has 0 N–H and O–H groups in total. The Hall–Kier alpha value is -7.10. The van der Waals surface area contributed by atoms with Crippen LogP contribution in [-0.2, 0) is 5.41 Å². The molecule has 4 aliphatic rings. The van der Waals surface area contributed by atoms with Crippen LogP contribution in [0.1, 0.15) is 44.5 Å². The first-order chi connectivity index (χ1) is 29.5. The highest BCUT2D eigenvalue weighted by molar-refractivity contribution is 7.00. The lowest BCUT2D eigenvalue weighted by Crippen LogP contribution is -2.60. The van der Waals surface area contributed by atoms with E-state index in [0.29, 0.717) is 0 Å². The highest BCUT2D eigenvalue weighted by Crippen LogP contribution is 2.62. The monoisotopic (exact) mass is 760 g/mol. The summed E-state index contributed by atoms with van der Waals surface area (Å²) in [6, 6.07) is 58.8. The first-order valence-corrected chi connectivity index (χ1v) is 21.5. The second-order valence-electron chi connectivity index (χ2n) is 18.1. The van der Waals surface area contributed by atoms with Gasteiger partial charge in [0.25, 0.3) is 6.71 Å². The zero-order chi connectivity index (χ0) is 39.5. The van der Waals surface area contributed by atoms with Crippen molar-refractivity contribution in [2.75, 3.05) is 0 Å². The Morgan fingerprint density at radius 3 is 1.72 bits per heavy atom. The standard InChI is InChI=1S/C57H37BN2/c1-30-13-11-22-46-47(30)48-32(3)24-27-44-55(48)59(46)52-39(36-19-12-15-34-14-5-6-16-35(34)36)29-43-54-51(52)58(44)45-28-25-33(4)50-49-31(2)23-26-42(53(49)60(54)56(45)50)57(43)40-20-9-7-17-37(40)38-18-8-10-21-41(38)57/h5-29H,1-4H3. The van der Waals surface area contributed by atoms with Gasteiger partial charge >= 0.3 is 0 Å². The molecular formula is C57H37BN2. The van der Waals surface area contributed by atoms with Crippen molar-refractivity contribution < 1.29 is 0 Å². The van der Waals surface area contributed by atoms with Crippen LogP contribution in [-0.4, -0.2) is 15.8 Å². The predicted octanol–water partition coefficient (Wildman–Crippen LogP) is 11.8. The summed E-state index contributed by atoms with van der Waals surface area (Å²) in [6.07, 6.45) is 0. The van der Waals surface area contributed by atoms with Crippen molar-refractivity contribution in [1.29, 1.82) is 0 Å². The largest absolute Gasteiger partial charge is 0.310 e. The number of rotatable bonds is 1. The Morgan fingerprint density at radius 1 is 0.400 bits per heavy atom. The number of aryl methyl sites for hydroxylation is 4. The molecule has 60 heavy (non-hydrogen) atoms. The van der Waals surface area contributed by atoms with Crippen LogP contribution < -0.4 is 16.4 Å². The molecular weight excluding hydrogens is 723 g/mol. The van der Waals surface area contributed by atoms with Crippen LogP contribution in [0.4, 0.5) is 0 Å². The van der Waals surface area contributed by atoms with Gasteiger partial charge in [-0.25, -0.2) is 0 Å². The van der Waals surface area contributed by atoms with Crippen LogP contribution in [0.5, 0.6) is 0 Å². The summed E-state index contributed by atoms with van der Waals surface area (Å²) in [5, 5.41) is 8.10. The van der Waals surface area contributed by atoms with Crippen molar-refractivity contribution in [2.24, 2.45) is 0 Å². The Kier molecular flexibility index (Phi) is 5.50. The molecule has 0 bridgehead atoms. The van der Waals surface area contributed by atoms with Gasteiger partial charge in [-0.1, -0.05) is 140 Å². The van der Waals surface area contributed by atoms with Crippen LogP contribution in [0.2, 0.25) is 0 Å². The highest BCUT2D eigenvalue weighted by Gasteiger charge is 2.55. The molecule has 0 fully saturated rings. The third kappa shape index (κ3) is 3.27. The molecule has 5 heterocycles. The van der Waals surface area contributed by atoms with E-state index < -0.39 is 5.41 Å². The van der Waals surface area contributed by atoms with Gasteiger partial charge < -0.3 is 9.13 Å². The van der Waals surface area contributed by atoms with E-state index in [2.05, 4.69) is 188 Å². The summed E-state index contributed by atoms with van der Waals surface area (Å²) in [4.78, 5) is 0. The van der Waals surface area contributed by atoms with Crippen molar-refractivity contribution >= 4 is 77.5 Å². The fourth-order valence-corrected chi connectivity index (χ4v) is 13.2. The zero-order valence-corrected chi connectivity index (χ0v) is 33.9. The smallest absolute Gasteiger partial charge is 0.252 e. The lowest BCUT2D eigenvalue weighted by atomic mass is 9.33. The first kappa shape index (κ1) is 31.8. The van der Waals surface area contributed by atoms with E-state index in [1.807, 2.05) is 0 Å². The molecule has 0 unspecified atom stereocenters. The van der Waals surface area contributed by atoms with Gasteiger partial charge in [0.1, 0.15) is 0 Å². The average molecular weight is 761 g/mol. The number of fused-ring (bicyclic) bond motifs is 15. The summed E-state index contributed by atoms with van der Waals surface area (Å²) in [6.45, 7) is 9.32. The fraction of sp³-hybridized carbons (Fsp3) is 0.0877. The van der Waals surface area contributed by atoms with Crippen LogP contribution in [0.3, 0.4) is 0 Å². The Balaban J connectivity index is 1.29. The first-order valence-electron chi connectivity index (χ1n) is 21.5. The molecule has 0 atom stereocenters. The molecule has 1 spiro atoms. The number of benzene rings is 9. The van der Waals surface area contributed by atoms with Crippen molar-refractivity contribution in [3.05, 3.63) is 196 Å². The van der Waals surface area contributed by atoms with Gasteiger partial charge in [-0.2, -0.15) is 0 Å². The molecule has 278 valence electrons. The molecule has 2 aromatic heterocycles. The molecule has 11 aromatic rings. The lowest BCUT2D eigenvalue weighted by molar-refractivity contribution is 0.749. The average Bonchev–Trinajstić information content (AvgIpc) is 3.93. The van der Waals surface area contributed by atoms with Crippen LogP contribution in [0, 0.1) is 27.7 Å². The number of aromatic nitrogens is 2. The number of hydrogen-bond donors (Lipinski definition) is 0. The summed E-state index contributed by atoms with van der Waals surface area (Å²) in [5.41, 5.74) is 27.9. The summed E-state index contributed by atoms with van der Waals surface area (Å²) in [7, 11) is 0. The van der Waals surface area contributed by atoms with E-state index in [-0.39, 0.29) is 6.71 Å². The molecule has 1 aliphatic carbocycles. The topological polar surface area (TPSA) is 9.86 Å². The lowest BCUT2D eigenvalue weighted by Gasteiger charge is -2.44. The van der Waals surface area contributed by atoms with Gasteiger partial charge in [0.15, 0.2) is 0 Å². The number of nitrogens with zero attached hydrogens (tertiary/aromatic N) is 2. The third-order valence-corrected chi connectivity index (χ3v) is 15.4. The summed E-state index contributed by atoms with van der Waals surface area (Å²) < 4.78 is 5.46. The Bertz CT molecular complexity index is 3840. The van der Waals surface area contributed by atoms with Gasteiger partial charge in [-0.3, -0.25) is 0 Å². The van der Waals surface area contributed by atoms with E-state index in [9.17, 15) is 0 Å². The third-order valence-electron chi connectivity index (χ3n) is 15.4. The van der Waals surface area contributed by atoms with Gasteiger partial charge in [-0.15, -0.1) is 0 Å². The molecule has 3 heteroatoms. The molecule has 15 rings (SSSR count). The van der Waals surface area contributed by atoms with E-state index in [0.717, 1.165) is 0 Å². The zero-order valence-electron chi connectivity index (χ0n) is 33.9. The van der Waals surface area contributed by atoms with Crippen LogP contribution in [0.15, 0.2) is 152 Å². The number of hydrogen-bond acceptors (Lipinski definition) is 0. The SMILES string of the molecule is Cc1cccc2c1c1c(C)ccc3c1n2-c1c(-c2cccc4ccccc24)cc2c4c1B3c1ccc(C)c3c5c(C)ccc(c5n-4c13)C21c2ccccc2-c2ccccc21. The van der Waals surface area contributed by atoms with E-state index in [1.165, 1.54) is 149 Å². The van der Waals surface area contributed by atoms with Crippen LogP contribution in [0.25, 0.3) is 88.0 Å². The molecule has 0 amide bonds. The molecule has 0 saturated carbocycles. The minimum absolute atomic E-state index is 0.0367. The quantitative estimate of drug-likeness (QED) is 0.148. The maximum absolute atomic E-state index is 2.76. The molecule has 0 saturated heterocycles. The van der Waals surface area contributed by atoms with Gasteiger partial charge in [0, 0.05) is 43.8 Å². The van der Waals surface area contributed by atoms with Gasteiger partial charge in [0.2, 0.25) is 0 Å². The second kappa shape index (κ2) is 10.4. The van der Waals surface area contributed by atoms with Gasteiger partial charge in [-0.05, 0) is 128 Å². The maximum atomic E-state index is 2.76. The van der Waals surface area contributed by atoms with Crippen LogP contribution >= 0.6 is 0 Å². The molecule has 0 radical (unpaired) electrons. The Labute approximate surface area is 348 Å². The minimum Gasteiger partial charge on any atom is -0.310 e. The van der Waals surface area contributed by atoms with Crippen molar-refractivity contribution in [1.82, 2.24) is 9.13 Å². The van der Waals surface area contributed by atoms with Crippen molar-refractivity contribution in [3.8, 4) is 33.6 Å². The highest BCUT2D eigenvalue weighted by atomic mass is 15.1. The summed E-state index contributed by atoms with van der Waals surface area (Å²) in [5.74, 6) is 0. The molecule has 9 aromatic carbocycles.